The minimum Gasteiger partial charge on any atom is -0.375 e. The molecule has 1 spiro atoms. The first-order valence-corrected chi connectivity index (χ1v) is 7.08. The molecule has 3 rings (SSSR count). The molecule has 2 unspecified atom stereocenters. The molecule has 1 saturated heterocycles. The first kappa shape index (κ1) is 12.2. The molecule has 1 aliphatic heterocycles. The van der Waals surface area contributed by atoms with E-state index in [0.717, 1.165) is 25.1 Å². The van der Waals surface area contributed by atoms with Gasteiger partial charge in [-0.25, -0.2) is 0 Å². The van der Waals surface area contributed by atoms with Crippen LogP contribution in [-0.4, -0.2) is 22.0 Å². The lowest BCUT2D eigenvalue weighted by atomic mass is 9.80. The van der Waals surface area contributed by atoms with Crippen molar-refractivity contribution < 1.29 is 4.74 Å². The van der Waals surface area contributed by atoms with Crippen LogP contribution in [0.15, 0.2) is 12.3 Å². The highest BCUT2D eigenvalue weighted by atomic mass is 16.5. The summed E-state index contributed by atoms with van der Waals surface area (Å²) in [4.78, 5) is 0. The van der Waals surface area contributed by atoms with Crippen molar-refractivity contribution in [2.24, 2.45) is 18.7 Å². The second-order valence-corrected chi connectivity index (χ2v) is 5.93. The molecule has 2 atom stereocenters. The van der Waals surface area contributed by atoms with Gasteiger partial charge < -0.3 is 10.5 Å². The number of rotatable bonds is 2. The van der Waals surface area contributed by atoms with Gasteiger partial charge in [-0.05, 0) is 37.7 Å². The van der Waals surface area contributed by atoms with Crippen molar-refractivity contribution in [1.82, 2.24) is 9.78 Å². The van der Waals surface area contributed by atoms with Crippen LogP contribution >= 0.6 is 0 Å². The smallest absolute Gasteiger partial charge is 0.0794 e. The van der Waals surface area contributed by atoms with E-state index in [4.69, 9.17) is 10.5 Å². The van der Waals surface area contributed by atoms with E-state index in [2.05, 4.69) is 5.10 Å². The van der Waals surface area contributed by atoms with Gasteiger partial charge in [-0.15, -0.1) is 0 Å². The van der Waals surface area contributed by atoms with Gasteiger partial charge in [0.2, 0.25) is 0 Å². The van der Waals surface area contributed by atoms with Crippen molar-refractivity contribution >= 4 is 0 Å². The Labute approximate surface area is 108 Å². The number of aryl methyl sites for hydroxylation is 1. The normalized spacial score (nSPS) is 28.7. The Bertz CT molecular complexity index is 409. The van der Waals surface area contributed by atoms with E-state index >= 15 is 0 Å². The van der Waals surface area contributed by atoms with Crippen LogP contribution < -0.4 is 5.73 Å². The first-order chi connectivity index (χ1) is 8.69. The molecular weight excluding hydrogens is 226 g/mol. The fraction of sp³-hybridized carbons (Fsp3) is 0.786. The molecular formula is C14H23N3O. The molecule has 2 heterocycles. The minimum atomic E-state index is 0.0626. The largest absolute Gasteiger partial charge is 0.375 e. The van der Waals surface area contributed by atoms with Crippen LogP contribution in [0.25, 0.3) is 0 Å². The standard InChI is InChI=1S/C14H23N3O/c1-17-8-4-12(16-17)13(15)11-5-9-18-14(10-11)6-2-3-7-14/h4,8,11,13H,2-3,5-7,9-10,15H2,1H3. The summed E-state index contributed by atoms with van der Waals surface area (Å²) in [7, 11) is 1.94. The Morgan fingerprint density at radius 2 is 2.28 bits per heavy atom. The number of nitrogens with two attached hydrogens (primary N) is 1. The number of ether oxygens (including phenoxy) is 1. The highest BCUT2D eigenvalue weighted by Crippen LogP contribution is 2.44. The van der Waals surface area contributed by atoms with Crippen LogP contribution in [0, 0.1) is 5.92 Å². The highest BCUT2D eigenvalue weighted by molar-refractivity contribution is 5.08. The molecule has 0 bridgehead atoms. The summed E-state index contributed by atoms with van der Waals surface area (Å²) >= 11 is 0. The second-order valence-electron chi connectivity index (χ2n) is 5.93. The summed E-state index contributed by atoms with van der Waals surface area (Å²) in [6, 6.07) is 2.11. The third kappa shape index (κ3) is 2.19. The molecule has 2 fully saturated rings. The van der Waals surface area contributed by atoms with E-state index in [0.29, 0.717) is 5.92 Å². The van der Waals surface area contributed by atoms with Gasteiger partial charge in [0.05, 0.1) is 17.3 Å². The van der Waals surface area contributed by atoms with Crippen molar-refractivity contribution in [2.75, 3.05) is 6.61 Å². The van der Waals surface area contributed by atoms with E-state index in [-0.39, 0.29) is 11.6 Å². The van der Waals surface area contributed by atoms with Gasteiger partial charge in [-0.1, -0.05) is 12.8 Å². The second kappa shape index (κ2) is 4.67. The predicted octanol–water partition coefficient (Wildman–Crippen LogP) is 2.16. The Morgan fingerprint density at radius 3 is 2.94 bits per heavy atom. The topological polar surface area (TPSA) is 53.1 Å². The van der Waals surface area contributed by atoms with Crippen LogP contribution in [-0.2, 0) is 11.8 Å². The maximum Gasteiger partial charge on any atom is 0.0794 e. The van der Waals surface area contributed by atoms with Gasteiger partial charge in [-0.2, -0.15) is 5.10 Å². The van der Waals surface area contributed by atoms with Gasteiger partial charge in [0.25, 0.3) is 0 Å². The zero-order valence-corrected chi connectivity index (χ0v) is 11.1. The molecule has 2 aliphatic rings. The molecule has 18 heavy (non-hydrogen) atoms. The summed E-state index contributed by atoms with van der Waals surface area (Å²) < 4.78 is 7.90. The van der Waals surface area contributed by atoms with Crippen molar-refractivity contribution in [3.8, 4) is 0 Å². The molecule has 2 N–H and O–H groups in total. The van der Waals surface area contributed by atoms with Gasteiger partial charge in [-0.3, -0.25) is 4.68 Å². The fourth-order valence-electron chi connectivity index (χ4n) is 3.59. The monoisotopic (exact) mass is 249 g/mol. The van der Waals surface area contributed by atoms with Crippen LogP contribution in [0.4, 0.5) is 0 Å². The van der Waals surface area contributed by atoms with Crippen LogP contribution in [0.3, 0.4) is 0 Å². The van der Waals surface area contributed by atoms with Crippen LogP contribution in [0.5, 0.6) is 0 Å². The SMILES string of the molecule is Cn1ccc(C(N)C2CCOC3(CCCC3)C2)n1. The van der Waals surface area contributed by atoms with E-state index in [9.17, 15) is 0 Å². The first-order valence-electron chi connectivity index (χ1n) is 7.08. The van der Waals surface area contributed by atoms with E-state index in [1.165, 1.54) is 25.7 Å². The number of aromatic nitrogens is 2. The average molecular weight is 249 g/mol. The van der Waals surface area contributed by atoms with Crippen molar-refractivity contribution in [1.29, 1.82) is 0 Å². The lowest BCUT2D eigenvalue weighted by molar-refractivity contribution is -0.0965. The Hall–Kier alpha value is -0.870. The lowest BCUT2D eigenvalue weighted by Gasteiger charge is -2.40. The molecule has 100 valence electrons. The predicted molar refractivity (Wildman–Crippen MR) is 70.0 cm³/mol. The minimum absolute atomic E-state index is 0.0626. The van der Waals surface area contributed by atoms with Gasteiger partial charge in [0.15, 0.2) is 0 Å². The zero-order valence-electron chi connectivity index (χ0n) is 11.1. The molecule has 4 heteroatoms. The summed E-state index contributed by atoms with van der Waals surface area (Å²) in [6.07, 6.45) is 9.22. The van der Waals surface area contributed by atoms with E-state index in [1.54, 1.807) is 0 Å². The van der Waals surface area contributed by atoms with E-state index in [1.807, 2.05) is 24.0 Å². The summed E-state index contributed by atoms with van der Waals surface area (Å²) in [5, 5.41) is 4.45. The van der Waals surface area contributed by atoms with Crippen LogP contribution in [0.2, 0.25) is 0 Å². The van der Waals surface area contributed by atoms with Crippen molar-refractivity contribution in [2.45, 2.75) is 50.2 Å². The Morgan fingerprint density at radius 1 is 1.50 bits per heavy atom. The zero-order chi connectivity index (χ0) is 12.6. The van der Waals surface area contributed by atoms with Gasteiger partial charge in [0, 0.05) is 19.9 Å². The molecule has 1 aliphatic carbocycles. The highest BCUT2D eigenvalue weighted by Gasteiger charge is 2.41. The maximum absolute atomic E-state index is 6.40. The number of nitrogens with zero attached hydrogens (tertiary/aromatic N) is 2. The molecule has 1 aromatic heterocycles. The molecule has 0 radical (unpaired) electrons. The maximum atomic E-state index is 6.40. The number of hydrogen-bond donors (Lipinski definition) is 1. The Balaban J connectivity index is 1.72. The Kier molecular flexibility index (Phi) is 3.16. The van der Waals surface area contributed by atoms with Gasteiger partial charge in [0.1, 0.15) is 0 Å². The van der Waals surface area contributed by atoms with Crippen LogP contribution in [0.1, 0.15) is 50.3 Å². The molecule has 1 aromatic rings. The van der Waals surface area contributed by atoms with Gasteiger partial charge >= 0.3 is 0 Å². The quantitative estimate of drug-likeness (QED) is 0.874. The van der Waals surface area contributed by atoms with Crippen molar-refractivity contribution in [3.05, 3.63) is 18.0 Å². The number of hydrogen-bond acceptors (Lipinski definition) is 3. The third-order valence-corrected chi connectivity index (χ3v) is 4.63. The fourth-order valence-corrected chi connectivity index (χ4v) is 3.59. The molecule has 0 aromatic carbocycles. The van der Waals surface area contributed by atoms with E-state index < -0.39 is 0 Å². The third-order valence-electron chi connectivity index (χ3n) is 4.63. The van der Waals surface area contributed by atoms with Crippen molar-refractivity contribution in [3.63, 3.8) is 0 Å². The summed E-state index contributed by atoms with van der Waals surface area (Å²) in [5.41, 5.74) is 7.58. The molecule has 4 nitrogen and oxygen atoms in total. The summed E-state index contributed by atoms with van der Waals surface area (Å²) in [6.45, 7) is 0.866. The molecule has 0 amide bonds. The molecule has 1 saturated carbocycles. The average Bonchev–Trinajstić information content (AvgIpc) is 2.98. The lowest BCUT2D eigenvalue weighted by Crippen LogP contribution is -2.40. The summed E-state index contributed by atoms with van der Waals surface area (Å²) in [5.74, 6) is 0.520.